The molecule has 1 amide bonds. The zero-order valence-corrected chi connectivity index (χ0v) is 18.0. The molecule has 9 heteroatoms. The number of anilines is 1. The summed E-state index contributed by atoms with van der Waals surface area (Å²) in [6.07, 6.45) is 0. The van der Waals surface area contributed by atoms with Crippen molar-refractivity contribution in [3.63, 3.8) is 0 Å². The number of halogens is 2. The molecule has 30 heavy (non-hydrogen) atoms. The summed E-state index contributed by atoms with van der Waals surface area (Å²) in [5, 5.41) is 9.04. The van der Waals surface area contributed by atoms with Crippen LogP contribution in [0, 0.1) is 0 Å². The van der Waals surface area contributed by atoms with E-state index in [9.17, 15) is 4.79 Å². The molecule has 3 aromatic rings. The maximum absolute atomic E-state index is 13.1. The van der Waals surface area contributed by atoms with Crippen molar-refractivity contribution in [2.24, 2.45) is 0 Å². The number of nitrogens with zero attached hydrogens (tertiary/aromatic N) is 3. The Morgan fingerprint density at radius 2 is 2.00 bits per heavy atom. The van der Waals surface area contributed by atoms with Gasteiger partial charge in [-0.2, -0.15) is 5.10 Å². The van der Waals surface area contributed by atoms with Gasteiger partial charge < -0.3 is 14.8 Å². The van der Waals surface area contributed by atoms with Crippen LogP contribution in [0.4, 0.5) is 5.69 Å². The Labute approximate surface area is 184 Å². The highest BCUT2D eigenvalue weighted by molar-refractivity contribution is 6.36. The normalized spacial score (nSPS) is 14.8. The van der Waals surface area contributed by atoms with E-state index in [0.717, 1.165) is 38.4 Å². The van der Waals surface area contributed by atoms with Crippen molar-refractivity contribution in [1.82, 2.24) is 14.7 Å². The summed E-state index contributed by atoms with van der Waals surface area (Å²) < 4.78 is 12.8. The molecule has 1 fully saturated rings. The molecule has 0 bridgehead atoms. The van der Waals surface area contributed by atoms with E-state index in [1.807, 2.05) is 22.9 Å². The van der Waals surface area contributed by atoms with Gasteiger partial charge in [0, 0.05) is 30.0 Å². The van der Waals surface area contributed by atoms with Gasteiger partial charge >= 0.3 is 0 Å². The minimum atomic E-state index is -0.359. The minimum Gasteiger partial charge on any atom is -0.494 e. The van der Waals surface area contributed by atoms with E-state index in [1.54, 1.807) is 25.3 Å². The molecule has 1 aliphatic heterocycles. The van der Waals surface area contributed by atoms with Crippen molar-refractivity contribution in [1.29, 1.82) is 0 Å². The van der Waals surface area contributed by atoms with Gasteiger partial charge in [-0.25, -0.2) is 0 Å². The van der Waals surface area contributed by atoms with Gasteiger partial charge in [-0.15, -0.1) is 0 Å². The first-order chi connectivity index (χ1) is 14.6. The van der Waals surface area contributed by atoms with Crippen molar-refractivity contribution < 1.29 is 14.3 Å². The zero-order chi connectivity index (χ0) is 21.1. The molecular formula is C21H22Cl2N4O3. The Bertz CT molecular complexity index is 1060. The van der Waals surface area contributed by atoms with Crippen molar-refractivity contribution in [2.45, 2.75) is 6.54 Å². The summed E-state index contributed by atoms with van der Waals surface area (Å²) in [4.78, 5) is 15.4. The summed E-state index contributed by atoms with van der Waals surface area (Å²) in [5.41, 5.74) is 1.53. The minimum absolute atomic E-state index is 0.307. The smallest absolute Gasteiger partial charge is 0.276 e. The number of rotatable bonds is 6. The van der Waals surface area contributed by atoms with E-state index in [0.29, 0.717) is 39.1 Å². The van der Waals surface area contributed by atoms with Gasteiger partial charge in [-0.3, -0.25) is 14.4 Å². The van der Waals surface area contributed by atoms with Crippen LogP contribution < -0.4 is 10.1 Å². The van der Waals surface area contributed by atoms with Crippen molar-refractivity contribution >= 4 is 45.7 Å². The third kappa shape index (κ3) is 4.39. The van der Waals surface area contributed by atoms with E-state index in [-0.39, 0.29) is 5.91 Å². The van der Waals surface area contributed by atoms with Crippen LogP contribution in [0.5, 0.6) is 5.75 Å². The average molecular weight is 449 g/mol. The van der Waals surface area contributed by atoms with Gasteiger partial charge in [0.1, 0.15) is 11.3 Å². The monoisotopic (exact) mass is 448 g/mol. The molecule has 2 heterocycles. The lowest BCUT2D eigenvalue weighted by atomic mass is 10.2. The number of fused-ring (bicyclic) bond motifs is 1. The Hall–Kier alpha value is -2.32. The number of methoxy groups -OCH3 is 1. The summed E-state index contributed by atoms with van der Waals surface area (Å²) >= 11 is 12.2. The summed E-state index contributed by atoms with van der Waals surface area (Å²) in [6, 6.07) is 10.5. The number of benzene rings is 2. The SMILES string of the molecule is COc1cccc2c(C(=O)Nc3cc(Cl)ccc3Cl)nn(CCN3CCOCC3)c12. The largest absolute Gasteiger partial charge is 0.494 e. The number of aromatic nitrogens is 2. The number of hydrogen-bond donors (Lipinski definition) is 1. The molecule has 1 N–H and O–H groups in total. The second-order valence-corrected chi connectivity index (χ2v) is 7.80. The highest BCUT2D eigenvalue weighted by atomic mass is 35.5. The van der Waals surface area contributed by atoms with Crippen molar-refractivity contribution in [3.8, 4) is 5.75 Å². The molecule has 4 rings (SSSR count). The highest BCUT2D eigenvalue weighted by Crippen LogP contribution is 2.30. The second kappa shape index (κ2) is 9.22. The number of amides is 1. The molecule has 1 aromatic heterocycles. The number of para-hydroxylation sites is 1. The fourth-order valence-corrected chi connectivity index (χ4v) is 3.87. The Kier molecular flexibility index (Phi) is 6.43. The first-order valence-electron chi connectivity index (χ1n) is 9.67. The van der Waals surface area contributed by atoms with Gasteiger partial charge in [-0.05, 0) is 24.3 Å². The van der Waals surface area contributed by atoms with Crippen molar-refractivity contribution in [2.75, 3.05) is 45.3 Å². The lowest BCUT2D eigenvalue weighted by molar-refractivity contribution is 0.0361. The van der Waals surface area contributed by atoms with Gasteiger partial charge in [0.15, 0.2) is 5.69 Å². The molecule has 0 atom stereocenters. The molecule has 158 valence electrons. The molecule has 0 aliphatic carbocycles. The topological polar surface area (TPSA) is 68.6 Å². The highest BCUT2D eigenvalue weighted by Gasteiger charge is 2.21. The molecular weight excluding hydrogens is 427 g/mol. The van der Waals surface area contributed by atoms with Crippen molar-refractivity contribution in [3.05, 3.63) is 52.1 Å². The van der Waals surface area contributed by atoms with Gasteiger partial charge in [-0.1, -0.05) is 35.3 Å². The molecule has 2 aromatic carbocycles. The van der Waals surface area contributed by atoms with E-state index >= 15 is 0 Å². The molecule has 0 unspecified atom stereocenters. The van der Waals surface area contributed by atoms with Gasteiger partial charge in [0.05, 0.1) is 37.6 Å². The third-order valence-electron chi connectivity index (χ3n) is 5.08. The molecule has 1 aliphatic rings. The quantitative estimate of drug-likeness (QED) is 0.618. The fraction of sp³-hybridized carbons (Fsp3) is 0.333. The van der Waals surface area contributed by atoms with Crippen LogP contribution >= 0.6 is 23.2 Å². The standard InChI is InChI=1S/C21H22Cl2N4O3/c1-29-18-4-2-3-15-19(21(28)24-17-13-14(22)5-6-16(17)23)25-27(20(15)18)8-7-26-9-11-30-12-10-26/h2-6,13H,7-12H2,1H3,(H,24,28). The van der Waals surface area contributed by atoms with E-state index in [2.05, 4.69) is 15.3 Å². The predicted octanol–water partition coefficient (Wildman–Crippen LogP) is 3.94. The third-order valence-corrected chi connectivity index (χ3v) is 5.64. The Morgan fingerprint density at radius 3 is 2.77 bits per heavy atom. The first kappa shape index (κ1) is 20.9. The molecule has 0 radical (unpaired) electrons. The van der Waals surface area contributed by atoms with Crippen LogP contribution in [0.1, 0.15) is 10.5 Å². The zero-order valence-electron chi connectivity index (χ0n) is 16.5. The Morgan fingerprint density at radius 1 is 1.20 bits per heavy atom. The molecule has 1 saturated heterocycles. The number of nitrogens with one attached hydrogen (secondary N) is 1. The van der Waals surface area contributed by atoms with Gasteiger partial charge in [0.25, 0.3) is 5.91 Å². The number of carbonyl (C=O) groups is 1. The molecule has 7 nitrogen and oxygen atoms in total. The summed E-state index contributed by atoms with van der Waals surface area (Å²) in [5.74, 6) is 0.310. The number of morpholine rings is 1. The summed E-state index contributed by atoms with van der Waals surface area (Å²) in [6.45, 7) is 4.67. The molecule has 0 spiro atoms. The van der Waals surface area contributed by atoms with E-state index in [4.69, 9.17) is 32.7 Å². The second-order valence-electron chi connectivity index (χ2n) is 6.96. The lowest BCUT2D eigenvalue weighted by Gasteiger charge is -2.26. The number of hydrogen-bond acceptors (Lipinski definition) is 5. The fourth-order valence-electron chi connectivity index (χ4n) is 3.53. The first-order valence-corrected chi connectivity index (χ1v) is 10.4. The van der Waals surface area contributed by atoms with E-state index < -0.39 is 0 Å². The maximum atomic E-state index is 13.1. The van der Waals surface area contributed by atoms with Crippen LogP contribution in [0.15, 0.2) is 36.4 Å². The van der Waals surface area contributed by atoms with Gasteiger partial charge in [0.2, 0.25) is 0 Å². The average Bonchev–Trinajstić information content (AvgIpc) is 3.14. The maximum Gasteiger partial charge on any atom is 0.276 e. The molecule has 0 saturated carbocycles. The predicted molar refractivity (Wildman–Crippen MR) is 118 cm³/mol. The van der Waals surface area contributed by atoms with Crippen LogP contribution in [-0.2, 0) is 11.3 Å². The van der Waals surface area contributed by atoms with Crippen LogP contribution in [0.25, 0.3) is 10.9 Å². The van der Waals surface area contributed by atoms with Crippen LogP contribution in [0.2, 0.25) is 10.0 Å². The van der Waals surface area contributed by atoms with E-state index in [1.165, 1.54) is 0 Å². The number of carbonyl (C=O) groups excluding carboxylic acids is 1. The van der Waals surface area contributed by atoms with Crippen LogP contribution in [0.3, 0.4) is 0 Å². The number of ether oxygens (including phenoxy) is 2. The summed E-state index contributed by atoms with van der Waals surface area (Å²) in [7, 11) is 1.61. The van der Waals surface area contributed by atoms with Crippen LogP contribution in [-0.4, -0.2) is 60.5 Å². The Balaban J connectivity index is 1.65. The lowest BCUT2D eigenvalue weighted by Crippen LogP contribution is -2.38.